The van der Waals surface area contributed by atoms with Crippen LogP contribution in [-0.4, -0.2) is 5.54 Å². The summed E-state index contributed by atoms with van der Waals surface area (Å²) < 4.78 is 0. The van der Waals surface area contributed by atoms with E-state index in [1.807, 2.05) is 0 Å². The van der Waals surface area contributed by atoms with Crippen LogP contribution in [0, 0.1) is 11.3 Å². The maximum Gasteiger partial charge on any atom is 0.0421 e. The lowest BCUT2D eigenvalue weighted by atomic mass is 9.76. The largest absolute Gasteiger partial charge is 0.321 e. The van der Waals surface area contributed by atoms with Crippen molar-refractivity contribution in [3.63, 3.8) is 0 Å². The molecule has 62 valence electrons. The van der Waals surface area contributed by atoms with Gasteiger partial charge in [0.1, 0.15) is 0 Å². The van der Waals surface area contributed by atoms with Gasteiger partial charge in [0, 0.05) is 5.54 Å². The van der Waals surface area contributed by atoms with Crippen LogP contribution in [0.5, 0.6) is 0 Å². The zero-order valence-corrected chi connectivity index (χ0v) is 7.48. The Labute approximate surface area is 68.7 Å². The van der Waals surface area contributed by atoms with E-state index in [4.69, 9.17) is 5.73 Å². The van der Waals surface area contributed by atoms with E-state index in [2.05, 4.69) is 20.4 Å². The number of hydrogen-bond acceptors (Lipinski definition) is 1. The quantitative estimate of drug-likeness (QED) is 0.527. The van der Waals surface area contributed by atoms with Gasteiger partial charge in [0.2, 0.25) is 0 Å². The summed E-state index contributed by atoms with van der Waals surface area (Å²) in [6.07, 6.45) is 3.63. The minimum absolute atomic E-state index is 0.0301. The van der Waals surface area contributed by atoms with Crippen molar-refractivity contribution in [1.82, 2.24) is 0 Å². The number of fused-ring (bicyclic) bond motifs is 2. The van der Waals surface area contributed by atoms with Gasteiger partial charge in [-0.05, 0) is 30.6 Å². The first kappa shape index (κ1) is 7.35. The van der Waals surface area contributed by atoms with Gasteiger partial charge in [0.05, 0.1) is 0 Å². The van der Waals surface area contributed by atoms with Crippen molar-refractivity contribution in [2.75, 3.05) is 0 Å². The van der Waals surface area contributed by atoms with E-state index >= 15 is 0 Å². The molecule has 0 unspecified atom stereocenters. The highest BCUT2D eigenvalue weighted by atomic mass is 14.9. The number of hydrogen-bond donors (Lipinski definition) is 1. The Kier molecular flexibility index (Phi) is 1.15. The van der Waals surface area contributed by atoms with Crippen LogP contribution in [0.3, 0.4) is 0 Å². The summed E-state index contributed by atoms with van der Waals surface area (Å²) in [5.41, 5.74) is 7.89. The minimum Gasteiger partial charge on any atom is -0.321 e. The minimum atomic E-state index is -0.0301. The van der Waals surface area contributed by atoms with Crippen LogP contribution < -0.4 is 5.73 Å². The first-order chi connectivity index (χ1) is 4.98. The van der Waals surface area contributed by atoms with Crippen molar-refractivity contribution in [1.29, 1.82) is 0 Å². The number of rotatable bonds is 0. The maximum absolute atomic E-state index is 6.32. The summed E-state index contributed by atoms with van der Waals surface area (Å²) in [7, 11) is 0. The second-order valence-corrected chi connectivity index (χ2v) is 4.74. The van der Waals surface area contributed by atoms with Gasteiger partial charge in [-0.2, -0.15) is 0 Å². The van der Waals surface area contributed by atoms with Crippen molar-refractivity contribution < 1.29 is 0 Å². The summed E-state index contributed by atoms with van der Waals surface area (Å²) in [6, 6.07) is 0. The predicted molar refractivity (Wildman–Crippen MR) is 47.2 cm³/mol. The van der Waals surface area contributed by atoms with Gasteiger partial charge >= 0.3 is 0 Å². The first-order valence-electron chi connectivity index (χ1n) is 4.45. The summed E-state index contributed by atoms with van der Waals surface area (Å²) in [5, 5.41) is 0. The van der Waals surface area contributed by atoms with Crippen molar-refractivity contribution in [3.05, 3.63) is 12.2 Å². The molecule has 0 heterocycles. The third-order valence-corrected chi connectivity index (χ3v) is 4.18. The Bertz CT molecular complexity index is 217. The maximum atomic E-state index is 6.32. The van der Waals surface area contributed by atoms with Crippen molar-refractivity contribution >= 4 is 0 Å². The van der Waals surface area contributed by atoms with Crippen LogP contribution in [0.15, 0.2) is 12.2 Å². The lowest BCUT2D eigenvalue weighted by Crippen LogP contribution is -2.47. The third kappa shape index (κ3) is 0.610. The normalized spacial score (nSPS) is 46.8. The molecule has 0 spiro atoms. The van der Waals surface area contributed by atoms with E-state index in [0.29, 0.717) is 5.41 Å². The summed E-state index contributed by atoms with van der Waals surface area (Å²) >= 11 is 0. The molecule has 0 aliphatic heterocycles. The molecule has 0 radical (unpaired) electrons. The summed E-state index contributed by atoms with van der Waals surface area (Å²) in [4.78, 5) is 0. The van der Waals surface area contributed by atoms with Gasteiger partial charge in [0.25, 0.3) is 0 Å². The fraction of sp³-hybridized carbons (Fsp3) is 0.800. The second-order valence-electron chi connectivity index (χ2n) is 4.74. The van der Waals surface area contributed by atoms with Crippen molar-refractivity contribution in [2.24, 2.45) is 17.1 Å². The van der Waals surface area contributed by atoms with Gasteiger partial charge in [-0.25, -0.2) is 0 Å². The molecule has 2 fully saturated rings. The molecule has 11 heavy (non-hydrogen) atoms. The van der Waals surface area contributed by atoms with Crippen molar-refractivity contribution in [3.8, 4) is 0 Å². The predicted octanol–water partition coefficient (Wildman–Crippen LogP) is 2.08. The molecule has 0 saturated heterocycles. The molecule has 1 nitrogen and oxygen atoms in total. The van der Waals surface area contributed by atoms with Crippen LogP contribution in [0.4, 0.5) is 0 Å². The van der Waals surface area contributed by atoms with E-state index in [-0.39, 0.29) is 5.54 Å². The standard InChI is InChI=1S/C10H17N/c1-7-6-8-4-5-10(7,11)9(8,2)3/h8H,1,4-6,11H2,2-3H3/t8-,10-/m0/s1. The topological polar surface area (TPSA) is 26.0 Å². The van der Waals surface area contributed by atoms with Gasteiger partial charge in [-0.15, -0.1) is 0 Å². The van der Waals surface area contributed by atoms with E-state index in [0.717, 1.165) is 12.3 Å². The van der Waals surface area contributed by atoms with E-state index in [1.165, 1.54) is 18.4 Å². The molecule has 1 heteroatoms. The van der Waals surface area contributed by atoms with E-state index < -0.39 is 0 Å². The van der Waals surface area contributed by atoms with Crippen LogP contribution >= 0.6 is 0 Å². The van der Waals surface area contributed by atoms with Crippen LogP contribution in [0.2, 0.25) is 0 Å². The lowest BCUT2D eigenvalue weighted by Gasteiger charge is -2.34. The van der Waals surface area contributed by atoms with Crippen LogP contribution in [-0.2, 0) is 0 Å². The highest BCUT2D eigenvalue weighted by Crippen LogP contribution is 2.60. The average Bonchev–Trinajstić information content (AvgIpc) is 2.20. The highest BCUT2D eigenvalue weighted by Gasteiger charge is 2.58. The molecule has 2 saturated carbocycles. The van der Waals surface area contributed by atoms with Crippen molar-refractivity contribution in [2.45, 2.75) is 38.6 Å². The lowest BCUT2D eigenvalue weighted by molar-refractivity contribution is 0.235. The Balaban J connectivity index is 2.47. The molecule has 0 aromatic heterocycles. The smallest absolute Gasteiger partial charge is 0.0421 e. The molecule has 2 N–H and O–H groups in total. The molecule has 2 rings (SSSR count). The monoisotopic (exact) mass is 151 g/mol. The molecule has 0 aromatic carbocycles. The van der Waals surface area contributed by atoms with E-state index in [9.17, 15) is 0 Å². The fourth-order valence-corrected chi connectivity index (χ4v) is 2.92. The van der Waals surface area contributed by atoms with E-state index in [1.54, 1.807) is 0 Å². The molecule has 2 bridgehead atoms. The Hall–Kier alpha value is -0.300. The van der Waals surface area contributed by atoms with Gasteiger partial charge in [-0.3, -0.25) is 0 Å². The molecular formula is C10H17N. The van der Waals surface area contributed by atoms with Gasteiger partial charge < -0.3 is 5.73 Å². The Morgan fingerprint density at radius 3 is 2.36 bits per heavy atom. The first-order valence-corrected chi connectivity index (χ1v) is 4.45. The molecule has 0 aromatic rings. The molecular weight excluding hydrogens is 134 g/mol. The Morgan fingerprint density at radius 2 is 2.18 bits per heavy atom. The Morgan fingerprint density at radius 1 is 1.55 bits per heavy atom. The zero-order valence-electron chi connectivity index (χ0n) is 7.48. The molecule has 0 amide bonds. The van der Waals surface area contributed by atoms with Crippen LogP contribution in [0.1, 0.15) is 33.1 Å². The average molecular weight is 151 g/mol. The third-order valence-electron chi connectivity index (χ3n) is 4.18. The zero-order chi connectivity index (χ0) is 8.28. The SMILES string of the molecule is C=C1C[C@@H]2CC[C@@]1(N)C2(C)C. The molecule has 2 atom stereocenters. The fourth-order valence-electron chi connectivity index (χ4n) is 2.92. The second kappa shape index (κ2) is 1.71. The van der Waals surface area contributed by atoms with Gasteiger partial charge in [0.15, 0.2) is 0 Å². The summed E-state index contributed by atoms with van der Waals surface area (Å²) in [5.74, 6) is 0.806. The molecule has 2 aliphatic carbocycles. The summed E-state index contributed by atoms with van der Waals surface area (Å²) in [6.45, 7) is 8.67. The van der Waals surface area contributed by atoms with Crippen LogP contribution in [0.25, 0.3) is 0 Å². The molecule has 2 aliphatic rings. The number of nitrogens with two attached hydrogens (primary N) is 1. The van der Waals surface area contributed by atoms with Gasteiger partial charge in [-0.1, -0.05) is 26.0 Å². The highest BCUT2D eigenvalue weighted by molar-refractivity contribution is 5.32.